The molecule has 1 N–H and O–H groups in total. The SMILES string of the molecule is COC(=O)Cn1c(=O)c2c3c(sc2n(CC(=O)NCc2ccccc2)c1=O)CCC3. The van der Waals surface area contributed by atoms with Gasteiger partial charge < -0.3 is 10.1 Å². The van der Waals surface area contributed by atoms with E-state index in [1.165, 1.54) is 23.0 Å². The molecule has 0 radical (unpaired) electrons. The molecule has 0 fully saturated rings. The van der Waals surface area contributed by atoms with Crippen molar-refractivity contribution in [2.45, 2.75) is 38.9 Å². The van der Waals surface area contributed by atoms with Gasteiger partial charge >= 0.3 is 11.7 Å². The molecule has 1 amide bonds. The van der Waals surface area contributed by atoms with E-state index in [2.05, 4.69) is 10.1 Å². The van der Waals surface area contributed by atoms with Crippen molar-refractivity contribution in [2.24, 2.45) is 0 Å². The van der Waals surface area contributed by atoms with E-state index >= 15 is 0 Å². The summed E-state index contributed by atoms with van der Waals surface area (Å²) in [6.45, 7) is -0.385. The summed E-state index contributed by atoms with van der Waals surface area (Å²) in [5, 5.41) is 3.24. The fraction of sp³-hybridized carbons (Fsp3) is 0.333. The number of aromatic nitrogens is 2. The van der Waals surface area contributed by atoms with E-state index in [9.17, 15) is 19.2 Å². The summed E-state index contributed by atoms with van der Waals surface area (Å²) in [6, 6.07) is 9.44. The number of carbonyl (C=O) groups excluding carboxylic acids is 2. The Bertz CT molecular complexity index is 1240. The number of rotatable bonds is 6. The monoisotopic (exact) mass is 427 g/mol. The second kappa shape index (κ2) is 8.27. The zero-order chi connectivity index (χ0) is 21.3. The maximum absolute atomic E-state index is 13.0. The molecular formula is C21H21N3O5S. The van der Waals surface area contributed by atoms with E-state index in [4.69, 9.17) is 0 Å². The number of aryl methyl sites for hydroxylation is 2. The Morgan fingerprint density at radius 1 is 1.10 bits per heavy atom. The average molecular weight is 427 g/mol. The summed E-state index contributed by atoms with van der Waals surface area (Å²) < 4.78 is 6.80. The van der Waals surface area contributed by atoms with Crippen molar-refractivity contribution >= 4 is 33.4 Å². The largest absolute Gasteiger partial charge is 0.468 e. The summed E-state index contributed by atoms with van der Waals surface area (Å²) >= 11 is 1.38. The summed E-state index contributed by atoms with van der Waals surface area (Å²) in [5.41, 5.74) is 0.680. The van der Waals surface area contributed by atoms with Gasteiger partial charge in [-0.2, -0.15) is 0 Å². The van der Waals surface area contributed by atoms with Crippen molar-refractivity contribution < 1.29 is 14.3 Å². The van der Waals surface area contributed by atoms with Crippen LogP contribution in [0.15, 0.2) is 39.9 Å². The molecule has 1 aromatic carbocycles. The van der Waals surface area contributed by atoms with Crippen LogP contribution in [0, 0.1) is 0 Å². The highest BCUT2D eigenvalue weighted by molar-refractivity contribution is 7.19. The van der Waals surface area contributed by atoms with Gasteiger partial charge in [-0.1, -0.05) is 30.3 Å². The first-order valence-corrected chi connectivity index (χ1v) is 10.5. The maximum atomic E-state index is 13.0. The number of thiophene rings is 1. The molecule has 4 rings (SSSR count). The smallest absolute Gasteiger partial charge is 0.333 e. The van der Waals surface area contributed by atoms with E-state index in [0.717, 1.165) is 39.8 Å². The second-order valence-corrected chi connectivity index (χ2v) is 8.22. The number of benzene rings is 1. The molecule has 0 saturated heterocycles. The van der Waals surface area contributed by atoms with Crippen LogP contribution in [0.1, 0.15) is 22.4 Å². The molecule has 2 aromatic heterocycles. The average Bonchev–Trinajstić information content (AvgIpc) is 3.34. The first kappa shape index (κ1) is 20.1. The fourth-order valence-electron chi connectivity index (χ4n) is 3.72. The van der Waals surface area contributed by atoms with Gasteiger partial charge in [0.1, 0.15) is 17.9 Å². The van der Waals surface area contributed by atoms with Crippen LogP contribution in [0.5, 0.6) is 0 Å². The normalized spacial score (nSPS) is 12.7. The molecule has 8 nitrogen and oxygen atoms in total. The zero-order valence-electron chi connectivity index (χ0n) is 16.5. The van der Waals surface area contributed by atoms with Crippen molar-refractivity contribution in [3.8, 4) is 0 Å². The molecule has 2 heterocycles. The van der Waals surface area contributed by atoms with E-state index in [1.807, 2.05) is 30.3 Å². The number of ether oxygens (including phenoxy) is 1. The van der Waals surface area contributed by atoms with Crippen molar-refractivity contribution in [1.29, 1.82) is 0 Å². The van der Waals surface area contributed by atoms with Crippen molar-refractivity contribution in [3.05, 3.63) is 67.2 Å². The highest BCUT2D eigenvalue weighted by Crippen LogP contribution is 2.35. The number of hydrogen-bond acceptors (Lipinski definition) is 6. The third kappa shape index (κ3) is 3.68. The van der Waals surface area contributed by atoms with E-state index in [0.29, 0.717) is 16.8 Å². The number of amides is 1. The molecule has 0 aliphatic heterocycles. The fourth-order valence-corrected chi connectivity index (χ4v) is 5.10. The number of methoxy groups -OCH3 is 1. The number of esters is 1. The third-order valence-corrected chi connectivity index (χ3v) is 6.53. The molecule has 9 heteroatoms. The minimum absolute atomic E-state index is 0.233. The molecule has 1 aliphatic carbocycles. The van der Waals surface area contributed by atoms with Crippen LogP contribution < -0.4 is 16.6 Å². The molecule has 1 aliphatic rings. The zero-order valence-corrected chi connectivity index (χ0v) is 17.3. The van der Waals surface area contributed by atoms with Crippen molar-refractivity contribution in [3.63, 3.8) is 0 Å². The molecule has 156 valence electrons. The summed E-state index contributed by atoms with van der Waals surface area (Å²) in [4.78, 5) is 52.0. The maximum Gasteiger partial charge on any atom is 0.333 e. The van der Waals surface area contributed by atoms with Gasteiger partial charge in [-0.05, 0) is 30.4 Å². The lowest BCUT2D eigenvalue weighted by molar-refractivity contribution is -0.141. The lowest BCUT2D eigenvalue weighted by Gasteiger charge is -2.12. The van der Waals surface area contributed by atoms with Gasteiger partial charge in [-0.3, -0.25) is 19.0 Å². The minimum atomic E-state index is -0.694. The third-order valence-electron chi connectivity index (χ3n) is 5.22. The molecule has 3 aromatic rings. The predicted octanol–water partition coefficient (Wildman–Crippen LogP) is 1.20. The van der Waals surface area contributed by atoms with Crippen LogP contribution in [-0.4, -0.2) is 28.1 Å². The van der Waals surface area contributed by atoms with Crippen LogP contribution in [0.4, 0.5) is 0 Å². The van der Waals surface area contributed by atoms with Crippen molar-refractivity contribution in [1.82, 2.24) is 14.5 Å². The minimum Gasteiger partial charge on any atom is -0.468 e. The standard InChI is InChI=1S/C21H21N3O5S/c1-29-17(26)12-23-19(27)18-14-8-5-9-15(14)30-20(18)24(21(23)28)11-16(25)22-10-13-6-3-2-4-7-13/h2-4,6-7H,5,8-12H2,1H3,(H,22,25). The molecule has 0 bridgehead atoms. The van der Waals surface area contributed by atoms with Crippen molar-refractivity contribution in [2.75, 3.05) is 7.11 Å². The van der Waals surface area contributed by atoms with Crippen LogP contribution in [-0.2, 0) is 46.8 Å². The van der Waals surface area contributed by atoms with Gasteiger partial charge in [0, 0.05) is 11.4 Å². The van der Waals surface area contributed by atoms with Gasteiger partial charge in [0.05, 0.1) is 12.5 Å². The molecule has 0 spiro atoms. The second-order valence-electron chi connectivity index (χ2n) is 7.14. The lowest BCUT2D eigenvalue weighted by atomic mass is 10.2. The van der Waals surface area contributed by atoms with Gasteiger partial charge in [0.25, 0.3) is 5.56 Å². The molecular weight excluding hydrogens is 406 g/mol. The van der Waals surface area contributed by atoms with E-state index < -0.39 is 23.8 Å². The molecule has 30 heavy (non-hydrogen) atoms. The van der Waals surface area contributed by atoms with Gasteiger partial charge in [0.2, 0.25) is 5.91 Å². The first-order chi connectivity index (χ1) is 14.5. The van der Waals surface area contributed by atoms with Crippen LogP contribution in [0.2, 0.25) is 0 Å². The van der Waals surface area contributed by atoms with Gasteiger partial charge in [0.15, 0.2) is 0 Å². The highest BCUT2D eigenvalue weighted by atomic mass is 32.1. The lowest BCUT2D eigenvalue weighted by Crippen LogP contribution is -2.43. The summed E-state index contributed by atoms with van der Waals surface area (Å²) in [5.74, 6) is -1.04. The number of nitrogens with zero attached hydrogens (tertiary/aromatic N) is 2. The Labute approximate surface area is 175 Å². The Morgan fingerprint density at radius 2 is 1.87 bits per heavy atom. The van der Waals surface area contributed by atoms with Gasteiger partial charge in [-0.15, -0.1) is 11.3 Å². The molecule has 0 unspecified atom stereocenters. The molecule has 0 saturated carbocycles. The number of fused-ring (bicyclic) bond motifs is 3. The Morgan fingerprint density at radius 3 is 2.60 bits per heavy atom. The number of hydrogen-bond donors (Lipinski definition) is 1. The van der Waals surface area contributed by atoms with Crippen LogP contribution >= 0.6 is 11.3 Å². The summed E-state index contributed by atoms with van der Waals surface area (Å²) in [6.07, 6.45) is 2.55. The Balaban J connectivity index is 1.72. The number of nitrogens with one attached hydrogen (secondary N) is 1. The topological polar surface area (TPSA) is 99.4 Å². The quantitative estimate of drug-likeness (QED) is 0.596. The first-order valence-electron chi connectivity index (χ1n) is 9.65. The highest BCUT2D eigenvalue weighted by Gasteiger charge is 2.26. The summed E-state index contributed by atoms with van der Waals surface area (Å²) in [7, 11) is 1.20. The van der Waals surface area contributed by atoms with E-state index in [1.54, 1.807) is 0 Å². The predicted molar refractivity (Wildman–Crippen MR) is 113 cm³/mol. The Hall–Kier alpha value is -3.20. The van der Waals surface area contributed by atoms with Crippen LogP contribution in [0.25, 0.3) is 10.2 Å². The van der Waals surface area contributed by atoms with Crippen LogP contribution in [0.3, 0.4) is 0 Å². The van der Waals surface area contributed by atoms with Gasteiger partial charge in [-0.25, -0.2) is 9.36 Å². The Kier molecular flexibility index (Phi) is 5.54. The van der Waals surface area contributed by atoms with E-state index in [-0.39, 0.29) is 12.5 Å². The number of carbonyl (C=O) groups is 2. The molecule has 0 atom stereocenters.